The van der Waals surface area contributed by atoms with Gasteiger partial charge in [-0.05, 0) is 30.9 Å². The topological polar surface area (TPSA) is 21.3 Å². The monoisotopic (exact) mass is 259 g/mol. The summed E-state index contributed by atoms with van der Waals surface area (Å²) in [6.07, 6.45) is -0.00157. The summed E-state index contributed by atoms with van der Waals surface area (Å²) in [5, 5.41) is 5.64. The normalized spacial score (nSPS) is 22.2. The maximum absolute atomic E-state index is 5.89. The molecule has 1 aromatic heterocycles. The van der Waals surface area contributed by atoms with Crippen molar-refractivity contribution in [1.29, 1.82) is 0 Å². The van der Waals surface area contributed by atoms with Crippen molar-refractivity contribution in [2.24, 2.45) is 0 Å². The van der Waals surface area contributed by atoms with Crippen LogP contribution < -0.4 is 5.32 Å². The first kappa shape index (κ1) is 11.9. The van der Waals surface area contributed by atoms with Crippen molar-refractivity contribution in [1.82, 2.24) is 5.32 Å². The summed E-state index contributed by atoms with van der Waals surface area (Å²) in [5.41, 5.74) is 2.54. The summed E-state index contributed by atoms with van der Waals surface area (Å²) in [7, 11) is 0. The Morgan fingerprint density at radius 2 is 2.06 bits per heavy atom. The Bertz CT molecular complexity index is 533. The molecule has 1 aliphatic rings. The first-order valence-electron chi connectivity index (χ1n) is 6.18. The third kappa shape index (κ3) is 2.21. The van der Waals surface area contributed by atoms with Crippen LogP contribution in [0.15, 0.2) is 41.8 Å². The third-order valence-electron chi connectivity index (χ3n) is 3.16. The standard InChI is InChI=1S/C15H17NOS/c1-15(2)10-17-14(16-15)12-7-4-3-6-11(12)13-8-5-9-18-13/h3-9,14,16H,10H2,1-2H3. The smallest absolute Gasteiger partial charge is 0.135 e. The highest BCUT2D eigenvalue weighted by atomic mass is 32.1. The molecule has 1 N–H and O–H groups in total. The summed E-state index contributed by atoms with van der Waals surface area (Å²) in [5.74, 6) is 0. The number of thiophene rings is 1. The molecular formula is C15H17NOS. The maximum Gasteiger partial charge on any atom is 0.135 e. The Balaban J connectivity index is 1.98. The van der Waals surface area contributed by atoms with Gasteiger partial charge in [0.25, 0.3) is 0 Å². The summed E-state index contributed by atoms with van der Waals surface area (Å²) < 4.78 is 5.89. The molecule has 1 unspecified atom stereocenters. The molecule has 1 aromatic carbocycles. The van der Waals surface area contributed by atoms with E-state index in [1.807, 2.05) is 0 Å². The number of benzene rings is 1. The summed E-state index contributed by atoms with van der Waals surface area (Å²) in [6.45, 7) is 5.08. The Labute approximate surface area is 112 Å². The van der Waals surface area contributed by atoms with Gasteiger partial charge in [0.05, 0.1) is 6.61 Å². The lowest BCUT2D eigenvalue weighted by Crippen LogP contribution is -2.36. The summed E-state index contributed by atoms with van der Waals surface area (Å²) in [6, 6.07) is 12.7. The van der Waals surface area contributed by atoms with Gasteiger partial charge in [-0.1, -0.05) is 30.3 Å². The molecule has 3 heteroatoms. The van der Waals surface area contributed by atoms with Crippen molar-refractivity contribution in [2.75, 3.05) is 6.61 Å². The highest BCUT2D eigenvalue weighted by Crippen LogP contribution is 2.35. The molecule has 1 aliphatic heterocycles. The van der Waals surface area contributed by atoms with Crippen LogP contribution in [-0.2, 0) is 4.74 Å². The maximum atomic E-state index is 5.89. The molecular weight excluding hydrogens is 242 g/mol. The zero-order valence-electron chi connectivity index (χ0n) is 10.6. The van der Waals surface area contributed by atoms with Gasteiger partial charge in [-0.25, -0.2) is 0 Å². The van der Waals surface area contributed by atoms with Crippen molar-refractivity contribution in [3.8, 4) is 10.4 Å². The average molecular weight is 259 g/mol. The van der Waals surface area contributed by atoms with Crippen molar-refractivity contribution in [3.63, 3.8) is 0 Å². The van der Waals surface area contributed by atoms with Crippen LogP contribution in [0.3, 0.4) is 0 Å². The minimum absolute atomic E-state index is 0.00157. The van der Waals surface area contributed by atoms with Crippen LogP contribution in [0, 0.1) is 0 Å². The first-order valence-corrected chi connectivity index (χ1v) is 7.06. The molecule has 1 fully saturated rings. The van der Waals surface area contributed by atoms with Crippen LogP contribution in [-0.4, -0.2) is 12.1 Å². The van der Waals surface area contributed by atoms with Crippen molar-refractivity contribution >= 4 is 11.3 Å². The van der Waals surface area contributed by atoms with E-state index in [1.165, 1.54) is 16.0 Å². The van der Waals surface area contributed by atoms with E-state index in [-0.39, 0.29) is 11.8 Å². The molecule has 94 valence electrons. The van der Waals surface area contributed by atoms with E-state index in [4.69, 9.17) is 4.74 Å². The summed E-state index contributed by atoms with van der Waals surface area (Å²) >= 11 is 1.77. The SMILES string of the molecule is CC1(C)COC(c2ccccc2-c2cccs2)N1. The second-order valence-electron chi connectivity index (χ2n) is 5.28. The van der Waals surface area contributed by atoms with Gasteiger partial charge < -0.3 is 4.74 Å². The van der Waals surface area contributed by atoms with Gasteiger partial charge >= 0.3 is 0 Å². The molecule has 1 atom stereocenters. The van der Waals surface area contributed by atoms with Crippen LogP contribution in [0.4, 0.5) is 0 Å². The third-order valence-corrected chi connectivity index (χ3v) is 4.07. The molecule has 2 nitrogen and oxygen atoms in total. The van der Waals surface area contributed by atoms with Crippen molar-refractivity contribution in [2.45, 2.75) is 25.6 Å². The molecule has 1 saturated heterocycles. The van der Waals surface area contributed by atoms with Gasteiger partial charge in [-0.15, -0.1) is 11.3 Å². The first-order chi connectivity index (χ1) is 8.66. The predicted octanol–water partition coefficient (Wildman–Crippen LogP) is 3.81. The van der Waals surface area contributed by atoms with Gasteiger partial charge in [0, 0.05) is 16.0 Å². The molecule has 18 heavy (non-hydrogen) atoms. The number of rotatable bonds is 2. The Kier molecular flexibility index (Phi) is 2.98. The minimum Gasteiger partial charge on any atom is -0.357 e. The van der Waals surface area contributed by atoms with Crippen LogP contribution in [0.2, 0.25) is 0 Å². The van der Waals surface area contributed by atoms with E-state index in [0.717, 1.165) is 6.61 Å². The lowest BCUT2D eigenvalue weighted by molar-refractivity contribution is 0.0993. The van der Waals surface area contributed by atoms with Crippen LogP contribution in [0.1, 0.15) is 25.6 Å². The van der Waals surface area contributed by atoms with E-state index in [9.17, 15) is 0 Å². The molecule has 0 bridgehead atoms. The zero-order chi connectivity index (χ0) is 12.6. The van der Waals surface area contributed by atoms with Crippen LogP contribution in [0.25, 0.3) is 10.4 Å². The molecule has 0 aliphatic carbocycles. The quantitative estimate of drug-likeness (QED) is 0.885. The van der Waals surface area contributed by atoms with Gasteiger partial charge in [0.15, 0.2) is 0 Å². The van der Waals surface area contributed by atoms with Gasteiger partial charge in [-0.3, -0.25) is 5.32 Å². The molecule has 0 amide bonds. The van der Waals surface area contributed by atoms with Crippen LogP contribution in [0.5, 0.6) is 0 Å². The van der Waals surface area contributed by atoms with E-state index in [1.54, 1.807) is 11.3 Å². The lowest BCUT2D eigenvalue weighted by Gasteiger charge is -2.19. The number of hydrogen-bond donors (Lipinski definition) is 1. The number of ether oxygens (including phenoxy) is 1. The highest BCUT2D eigenvalue weighted by molar-refractivity contribution is 7.13. The van der Waals surface area contributed by atoms with E-state index in [2.05, 4.69) is 60.9 Å². The fraction of sp³-hybridized carbons (Fsp3) is 0.333. The van der Waals surface area contributed by atoms with Crippen molar-refractivity contribution in [3.05, 3.63) is 47.3 Å². The van der Waals surface area contributed by atoms with Crippen molar-refractivity contribution < 1.29 is 4.74 Å². The van der Waals surface area contributed by atoms with Gasteiger partial charge in [0.2, 0.25) is 0 Å². The highest BCUT2D eigenvalue weighted by Gasteiger charge is 2.32. The molecule has 0 radical (unpaired) electrons. The summed E-state index contributed by atoms with van der Waals surface area (Å²) in [4.78, 5) is 1.29. The Hall–Kier alpha value is -1.16. The number of hydrogen-bond acceptors (Lipinski definition) is 3. The minimum atomic E-state index is -0.00157. The second kappa shape index (κ2) is 4.50. The Morgan fingerprint density at radius 3 is 2.72 bits per heavy atom. The molecule has 2 aromatic rings. The van der Waals surface area contributed by atoms with Crippen LogP contribution >= 0.6 is 11.3 Å². The van der Waals surface area contributed by atoms with E-state index in [0.29, 0.717) is 0 Å². The Morgan fingerprint density at radius 1 is 1.22 bits per heavy atom. The lowest BCUT2D eigenvalue weighted by atomic mass is 10.0. The van der Waals surface area contributed by atoms with Gasteiger partial charge in [-0.2, -0.15) is 0 Å². The second-order valence-corrected chi connectivity index (χ2v) is 6.23. The predicted molar refractivity (Wildman–Crippen MR) is 75.7 cm³/mol. The average Bonchev–Trinajstić information content (AvgIpc) is 2.98. The molecule has 0 spiro atoms. The van der Waals surface area contributed by atoms with Gasteiger partial charge in [0.1, 0.15) is 6.23 Å². The zero-order valence-corrected chi connectivity index (χ0v) is 11.5. The fourth-order valence-electron chi connectivity index (χ4n) is 2.28. The van der Waals surface area contributed by atoms with E-state index < -0.39 is 0 Å². The molecule has 3 rings (SSSR count). The number of nitrogens with one attached hydrogen (secondary N) is 1. The molecule has 2 heterocycles. The largest absolute Gasteiger partial charge is 0.357 e. The molecule has 0 saturated carbocycles. The fourth-order valence-corrected chi connectivity index (χ4v) is 3.05. The van der Waals surface area contributed by atoms with E-state index >= 15 is 0 Å².